The number of anilines is 3. The van der Waals surface area contributed by atoms with E-state index >= 15 is 0 Å². The maximum Gasteiger partial charge on any atom is 0.225 e. The number of aromatic nitrogens is 4. The second-order valence-corrected chi connectivity index (χ2v) is 7.06. The van der Waals surface area contributed by atoms with Crippen molar-refractivity contribution in [1.82, 2.24) is 19.9 Å². The molecule has 0 atom stereocenters. The van der Waals surface area contributed by atoms with Crippen molar-refractivity contribution < 1.29 is 0 Å². The highest BCUT2D eigenvalue weighted by Gasteiger charge is 2.21. The van der Waals surface area contributed by atoms with Crippen molar-refractivity contribution in [3.05, 3.63) is 30.4 Å². The Hall–Kier alpha value is -2.44. The van der Waals surface area contributed by atoms with Crippen LogP contribution in [-0.2, 0) is 0 Å². The first kappa shape index (κ1) is 16.4. The van der Waals surface area contributed by atoms with Gasteiger partial charge in [-0.05, 0) is 33.8 Å². The predicted molar refractivity (Wildman–Crippen MR) is 96.6 cm³/mol. The number of nitrogens with one attached hydrogen (secondary N) is 1. The Balaban J connectivity index is 1.70. The standard InChI is InChI=1S/C17H25N7/c1-13-20-14(22-17(2,3)4)12-15(21-13)23-8-10-24(11-9-23)16-18-6-5-7-19-16/h5-7,12H,8-11H2,1-4H3,(H,20,21,22). The zero-order valence-corrected chi connectivity index (χ0v) is 14.8. The molecule has 0 aromatic carbocycles. The van der Waals surface area contributed by atoms with E-state index in [9.17, 15) is 0 Å². The maximum atomic E-state index is 4.61. The van der Waals surface area contributed by atoms with Crippen LogP contribution >= 0.6 is 0 Å². The van der Waals surface area contributed by atoms with Crippen LogP contribution in [0.5, 0.6) is 0 Å². The molecule has 1 aliphatic rings. The lowest BCUT2D eigenvalue weighted by Crippen LogP contribution is -2.47. The summed E-state index contributed by atoms with van der Waals surface area (Å²) < 4.78 is 0. The molecule has 0 aliphatic carbocycles. The summed E-state index contributed by atoms with van der Waals surface area (Å²) in [6, 6.07) is 3.88. The number of rotatable bonds is 3. The highest BCUT2D eigenvalue weighted by atomic mass is 15.3. The molecule has 1 N–H and O–H groups in total. The normalized spacial score (nSPS) is 15.5. The fourth-order valence-corrected chi connectivity index (χ4v) is 2.75. The van der Waals surface area contributed by atoms with Crippen molar-refractivity contribution in [2.45, 2.75) is 33.2 Å². The van der Waals surface area contributed by atoms with Crippen LogP contribution in [-0.4, -0.2) is 51.7 Å². The molecule has 3 heterocycles. The van der Waals surface area contributed by atoms with Gasteiger partial charge in [0.2, 0.25) is 5.95 Å². The van der Waals surface area contributed by atoms with Crippen molar-refractivity contribution in [2.75, 3.05) is 41.3 Å². The lowest BCUT2D eigenvalue weighted by molar-refractivity contribution is 0.624. The predicted octanol–water partition coefficient (Wildman–Crippen LogP) is 2.11. The quantitative estimate of drug-likeness (QED) is 0.926. The number of hydrogen-bond donors (Lipinski definition) is 1. The van der Waals surface area contributed by atoms with Crippen LogP contribution in [0.4, 0.5) is 17.6 Å². The molecule has 1 fully saturated rings. The largest absolute Gasteiger partial charge is 0.365 e. The molecule has 3 rings (SSSR count). The zero-order chi connectivity index (χ0) is 17.2. The summed E-state index contributed by atoms with van der Waals surface area (Å²) in [4.78, 5) is 22.3. The first-order chi connectivity index (χ1) is 11.4. The SMILES string of the molecule is Cc1nc(NC(C)(C)C)cc(N2CCN(c3ncccn3)CC2)n1. The van der Waals surface area contributed by atoms with Gasteiger partial charge >= 0.3 is 0 Å². The van der Waals surface area contributed by atoms with Crippen molar-refractivity contribution >= 4 is 17.6 Å². The van der Waals surface area contributed by atoms with Crippen molar-refractivity contribution in [3.8, 4) is 0 Å². The summed E-state index contributed by atoms with van der Waals surface area (Å²) in [5, 5.41) is 3.43. The number of aryl methyl sites for hydroxylation is 1. The molecule has 1 aliphatic heterocycles. The molecular weight excluding hydrogens is 302 g/mol. The summed E-state index contributed by atoms with van der Waals surface area (Å²) in [6.07, 6.45) is 3.57. The fraction of sp³-hybridized carbons (Fsp3) is 0.529. The number of piperazine rings is 1. The Morgan fingerprint density at radius 2 is 1.58 bits per heavy atom. The van der Waals surface area contributed by atoms with E-state index in [2.05, 4.69) is 55.8 Å². The molecule has 0 saturated carbocycles. The molecule has 128 valence electrons. The second kappa shape index (κ2) is 6.59. The minimum absolute atomic E-state index is 0.0264. The van der Waals surface area contributed by atoms with Gasteiger partial charge in [-0.3, -0.25) is 0 Å². The summed E-state index contributed by atoms with van der Waals surface area (Å²) >= 11 is 0. The Bertz CT molecular complexity index is 673. The second-order valence-electron chi connectivity index (χ2n) is 7.06. The van der Waals surface area contributed by atoms with Gasteiger partial charge in [0.15, 0.2) is 0 Å². The maximum absolute atomic E-state index is 4.61. The van der Waals surface area contributed by atoms with E-state index in [0.717, 1.165) is 49.6 Å². The van der Waals surface area contributed by atoms with Gasteiger partial charge in [-0.25, -0.2) is 19.9 Å². The lowest BCUT2D eigenvalue weighted by Gasteiger charge is -2.35. The van der Waals surface area contributed by atoms with Crippen LogP contribution in [0.3, 0.4) is 0 Å². The summed E-state index contributed by atoms with van der Waals surface area (Å²) in [7, 11) is 0. The molecule has 2 aromatic heterocycles. The number of nitrogens with zero attached hydrogens (tertiary/aromatic N) is 6. The van der Waals surface area contributed by atoms with Gasteiger partial charge in [0.1, 0.15) is 17.5 Å². The van der Waals surface area contributed by atoms with E-state index in [1.54, 1.807) is 12.4 Å². The Morgan fingerprint density at radius 3 is 2.21 bits per heavy atom. The average Bonchev–Trinajstić information content (AvgIpc) is 2.54. The monoisotopic (exact) mass is 327 g/mol. The van der Waals surface area contributed by atoms with E-state index in [-0.39, 0.29) is 5.54 Å². The molecule has 2 aromatic rings. The molecular formula is C17H25N7. The van der Waals surface area contributed by atoms with Crippen LogP contribution in [0.15, 0.2) is 24.5 Å². The van der Waals surface area contributed by atoms with Gasteiger partial charge in [-0.1, -0.05) is 0 Å². The van der Waals surface area contributed by atoms with E-state index in [4.69, 9.17) is 0 Å². The van der Waals surface area contributed by atoms with Crippen LogP contribution in [0.25, 0.3) is 0 Å². The van der Waals surface area contributed by atoms with Gasteiger partial charge < -0.3 is 15.1 Å². The molecule has 0 spiro atoms. The van der Waals surface area contributed by atoms with Gasteiger partial charge in [0, 0.05) is 50.2 Å². The van der Waals surface area contributed by atoms with E-state index in [0.29, 0.717) is 0 Å². The third-order valence-corrected chi connectivity index (χ3v) is 3.77. The highest BCUT2D eigenvalue weighted by molar-refractivity contribution is 5.51. The Morgan fingerprint density at radius 1 is 0.958 bits per heavy atom. The van der Waals surface area contributed by atoms with Gasteiger partial charge in [0.25, 0.3) is 0 Å². The summed E-state index contributed by atoms with van der Waals surface area (Å²) in [5.74, 6) is 3.43. The van der Waals surface area contributed by atoms with E-state index in [1.165, 1.54) is 0 Å². The van der Waals surface area contributed by atoms with E-state index < -0.39 is 0 Å². The molecule has 7 nitrogen and oxygen atoms in total. The molecule has 7 heteroatoms. The van der Waals surface area contributed by atoms with Crippen molar-refractivity contribution in [1.29, 1.82) is 0 Å². The van der Waals surface area contributed by atoms with Gasteiger partial charge in [-0.15, -0.1) is 0 Å². The summed E-state index contributed by atoms with van der Waals surface area (Å²) in [5.41, 5.74) is -0.0264. The lowest BCUT2D eigenvalue weighted by atomic mass is 10.1. The third-order valence-electron chi connectivity index (χ3n) is 3.77. The van der Waals surface area contributed by atoms with Crippen LogP contribution in [0, 0.1) is 6.92 Å². The van der Waals surface area contributed by atoms with Gasteiger partial charge in [0.05, 0.1) is 0 Å². The van der Waals surface area contributed by atoms with Crippen molar-refractivity contribution in [3.63, 3.8) is 0 Å². The van der Waals surface area contributed by atoms with Crippen molar-refractivity contribution in [2.24, 2.45) is 0 Å². The molecule has 24 heavy (non-hydrogen) atoms. The summed E-state index contributed by atoms with van der Waals surface area (Å²) in [6.45, 7) is 11.9. The minimum atomic E-state index is -0.0264. The third kappa shape index (κ3) is 4.10. The number of hydrogen-bond acceptors (Lipinski definition) is 7. The van der Waals surface area contributed by atoms with Crippen LogP contribution in [0.1, 0.15) is 26.6 Å². The zero-order valence-electron chi connectivity index (χ0n) is 14.8. The first-order valence-electron chi connectivity index (χ1n) is 8.31. The van der Waals surface area contributed by atoms with E-state index in [1.807, 2.05) is 19.1 Å². The van der Waals surface area contributed by atoms with Crippen LogP contribution < -0.4 is 15.1 Å². The molecule has 0 bridgehead atoms. The molecule has 0 radical (unpaired) electrons. The Kier molecular flexibility index (Phi) is 4.51. The van der Waals surface area contributed by atoms with Gasteiger partial charge in [-0.2, -0.15) is 0 Å². The topological polar surface area (TPSA) is 70.1 Å². The Labute approximate surface area is 143 Å². The fourth-order valence-electron chi connectivity index (χ4n) is 2.75. The molecule has 1 saturated heterocycles. The first-order valence-corrected chi connectivity index (χ1v) is 8.31. The smallest absolute Gasteiger partial charge is 0.225 e. The molecule has 0 unspecified atom stereocenters. The minimum Gasteiger partial charge on any atom is -0.365 e. The average molecular weight is 327 g/mol. The molecule has 0 amide bonds. The highest BCUT2D eigenvalue weighted by Crippen LogP contribution is 2.21. The van der Waals surface area contributed by atoms with Crippen LogP contribution in [0.2, 0.25) is 0 Å².